The Morgan fingerprint density at radius 3 is 2.90 bits per heavy atom. The number of hydrogen-bond donors (Lipinski definition) is 2. The van der Waals surface area contributed by atoms with E-state index in [1.807, 2.05) is 6.92 Å². The molecule has 0 fully saturated rings. The van der Waals surface area contributed by atoms with Crippen LogP contribution in [0.3, 0.4) is 0 Å². The van der Waals surface area contributed by atoms with Gasteiger partial charge >= 0.3 is 5.97 Å². The number of hydrogen-bond acceptors (Lipinski definition) is 5. The van der Waals surface area contributed by atoms with Gasteiger partial charge in [0.25, 0.3) is 0 Å². The number of carboxylic acids is 1. The zero-order chi connectivity index (χ0) is 14.5. The molecule has 6 nitrogen and oxygen atoms in total. The molecule has 1 aromatic heterocycles. The molecular weight excluding hydrogens is 326 g/mol. The average molecular weight is 338 g/mol. The Kier molecular flexibility index (Phi) is 4.52. The quantitative estimate of drug-likeness (QED) is 0.872. The van der Waals surface area contributed by atoms with Gasteiger partial charge in [0.2, 0.25) is 5.88 Å². The molecule has 0 amide bonds. The molecule has 20 heavy (non-hydrogen) atoms. The van der Waals surface area contributed by atoms with Crippen molar-refractivity contribution in [2.45, 2.75) is 6.92 Å². The van der Waals surface area contributed by atoms with E-state index in [9.17, 15) is 4.79 Å². The molecule has 0 unspecified atom stereocenters. The molecule has 2 rings (SSSR count). The number of anilines is 2. The maximum atomic E-state index is 10.9. The molecular formula is C13H12BrN3O3. The van der Waals surface area contributed by atoms with Crippen LogP contribution in [0.15, 0.2) is 35.1 Å². The third kappa shape index (κ3) is 3.45. The zero-order valence-corrected chi connectivity index (χ0v) is 12.2. The van der Waals surface area contributed by atoms with Crippen LogP contribution in [0.1, 0.15) is 17.3 Å². The lowest BCUT2D eigenvalue weighted by Crippen LogP contribution is -2.01. The molecule has 0 aliphatic rings. The fourth-order valence-electron chi connectivity index (χ4n) is 1.51. The van der Waals surface area contributed by atoms with Gasteiger partial charge in [-0.15, -0.1) is 0 Å². The monoisotopic (exact) mass is 337 g/mol. The summed E-state index contributed by atoms with van der Waals surface area (Å²) in [5.74, 6) is -0.0362. The van der Waals surface area contributed by atoms with Gasteiger partial charge in [-0.05, 0) is 41.1 Å². The van der Waals surface area contributed by atoms with E-state index in [4.69, 9.17) is 9.84 Å². The number of rotatable bonds is 5. The SMILES string of the molecule is CCOc1cncc(Nc2ccc(C(=O)O)cc2Br)n1. The maximum Gasteiger partial charge on any atom is 0.335 e. The fourth-order valence-corrected chi connectivity index (χ4v) is 1.99. The first-order valence-electron chi connectivity index (χ1n) is 5.85. The summed E-state index contributed by atoms with van der Waals surface area (Å²) in [6, 6.07) is 4.68. The number of ether oxygens (including phenoxy) is 1. The van der Waals surface area contributed by atoms with E-state index < -0.39 is 5.97 Å². The fraction of sp³-hybridized carbons (Fsp3) is 0.154. The molecule has 2 aromatic rings. The molecule has 1 aromatic carbocycles. The second-order valence-electron chi connectivity index (χ2n) is 3.80. The van der Waals surface area contributed by atoms with Gasteiger partial charge < -0.3 is 15.2 Å². The molecule has 2 N–H and O–H groups in total. The molecule has 7 heteroatoms. The lowest BCUT2D eigenvalue weighted by atomic mass is 10.2. The van der Waals surface area contributed by atoms with Crippen molar-refractivity contribution >= 4 is 33.4 Å². The smallest absolute Gasteiger partial charge is 0.335 e. The van der Waals surface area contributed by atoms with Gasteiger partial charge in [0.05, 0.1) is 30.3 Å². The third-order valence-corrected chi connectivity index (χ3v) is 3.04. The highest BCUT2D eigenvalue weighted by molar-refractivity contribution is 9.10. The Bertz CT molecular complexity index is 634. The maximum absolute atomic E-state index is 10.9. The first-order chi connectivity index (χ1) is 9.60. The van der Waals surface area contributed by atoms with E-state index in [0.29, 0.717) is 28.5 Å². The Hall–Kier alpha value is -2.15. The molecule has 1 heterocycles. The van der Waals surface area contributed by atoms with E-state index in [1.165, 1.54) is 18.3 Å². The second-order valence-corrected chi connectivity index (χ2v) is 4.65. The van der Waals surface area contributed by atoms with Crippen LogP contribution >= 0.6 is 15.9 Å². The van der Waals surface area contributed by atoms with Crippen LogP contribution < -0.4 is 10.1 Å². The van der Waals surface area contributed by atoms with Gasteiger partial charge in [-0.1, -0.05) is 0 Å². The van der Waals surface area contributed by atoms with Gasteiger partial charge in [0.15, 0.2) is 5.82 Å². The molecule has 0 aliphatic heterocycles. The first-order valence-corrected chi connectivity index (χ1v) is 6.64. The van der Waals surface area contributed by atoms with Crippen LogP contribution in [0.25, 0.3) is 0 Å². The number of aromatic nitrogens is 2. The summed E-state index contributed by atoms with van der Waals surface area (Å²) in [7, 11) is 0. The minimum atomic E-state index is -0.976. The highest BCUT2D eigenvalue weighted by Crippen LogP contribution is 2.26. The van der Waals surface area contributed by atoms with Crippen molar-refractivity contribution in [1.82, 2.24) is 9.97 Å². The molecule has 0 aliphatic carbocycles. The Morgan fingerprint density at radius 2 is 2.25 bits per heavy atom. The van der Waals surface area contributed by atoms with E-state index >= 15 is 0 Å². The van der Waals surface area contributed by atoms with Crippen LogP contribution in [0.5, 0.6) is 5.88 Å². The molecule has 104 valence electrons. The lowest BCUT2D eigenvalue weighted by molar-refractivity contribution is 0.0697. The standard InChI is InChI=1S/C13H12BrN3O3/c1-2-20-12-7-15-6-11(17-12)16-10-4-3-8(13(18)19)5-9(10)14/h3-7H,2H2,1H3,(H,16,17)(H,18,19). The predicted octanol–water partition coefficient (Wildman–Crippen LogP) is 3.08. The zero-order valence-electron chi connectivity index (χ0n) is 10.6. The van der Waals surface area contributed by atoms with Gasteiger partial charge in [0.1, 0.15) is 0 Å². The lowest BCUT2D eigenvalue weighted by Gasteiger charge is -2.09. The van der Waals surface area contributed by atoms with Crippen molar-refractivity contribution in [3.63, 3.8) is 0 Å². The number of carbonyl (C=O) groups is 1. The largest absolute Gasteiger partial charge is 0.478 e. The number of aromatic carboxylic acids is 1. The van der Waals surface area contributed by atoms with Crippen molar-refractivity contribution in [1.29, 1.82) is 0 Å². The summed E-state index contributed by atoms with van der Waals surface area (Å²) in [5, 5.41) is 11.9. The van der Waals surface area contributed by atoms with Crippen LogP contribution in [0.2, 0.25) is 0 Å². The molecule has 0 radical (unpaired) electrons. The normalized spacial score (nSPS) is 10.1. The Balaban J connectivity index is 2.21. The summed E-state index contributed by atoms with van der Waals surface area (Å²) < 4.78 is 5.89. The van der Waals surface area contributed by atoms with Gasteiger partial charge in [-0.25, -0.2) is 4.79 Å². The van der Waals surface area contributed by atoms with Crippen LogP contribution in [0, 0.1) is 0 Å². The van der Waals surface area contributed by atoms with Gasteiger partial charge in [0, 0.05) is 4.47 Å². The first kappa shape index (κ1) is 14.3. The summed E-state index contributed by atoms with van der Waals surface area (Å²) in [4.78, 5) is 19.1. The highest BCUT2D eigenvalue weighted by atomic mass is 79.9. The van der Waals surface area contributed by atoms with E-state index in [0.717, 1.165) is 0 Å². The predicted molar refractivity (Wildman–Crippen MR) is 77.6 cm³/mol. The topological polar surface area (TPSA) is 84.3 Å². The average Bonchev–Trinajstić information content (AvgIpc) is 2.42. The summed E-state index contributed by atoms with van der Waals surface area (Å²) in [5.41, 5.74) is 0.898. The Morgan fingerprint density at radius 1 is 1.45 bits per heavy atom. The molecule has 0 saturated carbocycles. The van der Waals surface area contributed by atoms with Crippen molar-refractivity contribution in [2.75, 3.05) is 11.9 Å². The summed E-state index contributed by atoms with van der Waals surface area (Å²) in [6.07, 6.45) is 3.08. The van der Waals surface area contributed by atoms with E-state index in [1.54, 1.807) is 12.3 Å². The Labute approximate surface area is 124 Å². The van der Waals surface area contributed by atoms with E-state index in [2.05, 4.69) is 31.2 Å². The minimum Gasteiger partial charge on any atom is -0.478 e. The van der Waals surface area contributed by atoms with Gasteiger partial charge in [-0.2, -0.15) is 4.98 Å². The van der Waals surface area contributed by atoms with Crippen LogP contribution in [0.4, 0.5) is 11.5 Å². The van der Waals surface area contributed by atoms with Crippen molar-refractivity contribution in [3.8, 4) is 5.88 Å². The number of carboxylic acid groups (broad SMARTS) is 1. The number of nitrogens with one attached hydrogen (secondary N) is 1. The van der Waals surface area contributed by atoms with Crippen molar-refractivity contribution in [3.05, 3.63) is 40.6 Å². The van der Waals surface area contributed by atoms with Gasteiger partial charge in [-0.3, -0.25) is 4.98 Å². The second kappa shape index (κ2) is 6.33. The molecule has 0 saturated heterocycles. The minimum absolute atomic E-state index is 0.205. The third-order valence-electron chi connectivity index (χ3n) is 2.38. The number of halogens is 1. The van der Waals surface area contributed by atoms with Crippen molar-refractivity contribution in [2.24, 2.45) is 0 Å². The highest BCUT2D eigenvalue weighted by Gasteiger charge is 2.08. The van der Waals surface area contributed by atoms with Crippen molar-refractivity contribution < 1.29 is 14.6 Å². The molecule has 0 atom stereocenters. The molecule has 0 spiro atoms. The number of nitrogens with zero attached hydrogens (tertiary/aromatic N) is 2. The van der Waals surface area contributed by atoms with Crippen LogP contribution in [-0.2, 0) is 0 Å². The van der Waals surface area contributed by atoms with Crippen LogP contribution in [-0.4, -0.2) is 27.7 Å². The van der Waals surface area contributed by atoms with E-state index in [-0.39, 0.29) is 5.56 Å². The molecule has 0 bridgehead atoms. The number of benzene rings is 1. The summed E-state index contributed by atoms with van der Waals surface area (Å²) in [6.45, 7) is 2.37. The summed E-state index contributed by atoms with van der Waals surface area (Å²) >= 11 is 3.32.